The van der Waals surface area contributed by atoms with E-state index < -0.39 is 6.43 Å². The highest BCUT2D eigenvalue weighted by Gasteiger charge is 2.12. The van der Waals surface area contributed by atoms with E-state index in [4.69, 9.17) is 0 Å². The van der Waals surface area contributed by atoms with E-state index >= 15 is 0 Å². The zero-order valence-corrected chi connectivity index (χ0v) is 12.9. The Morgan fingerprint density at radius 3 is 2.45 bits per heavy atom. The van der Waals surface area contributed by atoms with Gasteiger partial charge in [0.1, 0.15) is 0 Å². The molecular formula is C16H26F2N2. The van der Waals surface area contributed by atoms with Crippen molar-refractivity contribution >= 4 is 0 Å². The average Bonchev–Trinajstić information content (AvgIpc) is 2.35. The van der Waals surface area contributed by atoms with Gasteiger partial charge < -0.3 is 10.2 Å². The molecule has 1 unspecified atom stereocenters. The van der Waals surface area contributed by atoms with Crippen LogP contribution in [0.3, 0.4) is 0 Å². The second kappa shape index (κ2) is 8.32. The summed E-state index contributed by atoms with van der Waals surface area (Å²) in [6.07, 6.45) is -1.32. The summed E-state index contributed by atoms with van der Waals surface area (Å²) in [6.45, 7) is 5.97. The number of likely N-dealkylation sites (N-methyl/N-ethyl adjacent to an activating group) is 1. The molecule has 0 amide bonds. The van der Waals surface area contributed by atoms with Gasteiger partial charge in [-0.25, -0.2) is 8.78 Å². The van der Waals surface area contributed by atoms with E-state index in [9.17, 15) is 8.78 Å². The number of benzene rings is 1. The first-order chi connectivity index (χ1) is 9.38. The van der Waals surface area contributed by atoms with Crippen molar-refractivity contribution in [3.8, 4) is 0 Å². The first kappa shape index (κ1) is 17.1. The Morgan fingerprint density at radius 1 is 1.20 bits per heavy atom. The maximum atomic E-state index is 12.7. The molecule has 0 bridgehead atoms. The summed E-state index contributed by atoms with van der Waals surface area (Å²) in [5.74, 6) is 0.611. The molecule has 1 aromatic carbocycles. The molecule has 4 heteroatoms. The minimum absolute atomic E-state index is 0.0947. The van der Waals surface area contributed by atoms with E-state index in [1.807, 2.05) is 20.2 Å². The predicted molar refractivity (Wildman–Crippen MR) is 80.0 cm³/mol. The van der Waals surface area contributed by atoms with E-state index in [-0.39, 0.29) is 5.56 Å². The van der Waals surface area contributed by atoms with Gasteiger partial charge in [0.2, 0.25) is 0 Å². The van der Waals surface area contributed by atoms with Crippen LogP contribution in [-0.2, 0) is 6.54 Å². The van der Waals surface area contributed by atoms with Crippen molar-refractivity contribution in [1.82, 2.24) is 10.2 Å². The SMILES string of the molecule is CC(C)CC(CN(C)C)NCc1cccc(C(F)F)c1. The first-order valence-electron chi connectivity index (χ1n) is 7.13. The summed E-state index contributed by atoms with van der Waals surface area (Å²) in [5.41, 5.74) is 1.01. The molecule has 0 spiro atoms. The highest BCUT2D eigenvalue weighted by atomic mass is 19.3. The molecule has 114 valence electrons. The number of halogens is 2. The zero-order chi connectivity index (χ0) is 15.1. The molecule has 1 atom stereocenters. The molecule has 0 aromatic heterocycles. The van der Waals surface area contributed by atoms with Crippen LogP contribution in [0.4, 0.5) is 8.78 Å². The summed E-state index contributed by atoms with van der Waals surface area (Å²) in [6, 6.07) is 7.02. The maximum absolute atomic E-state index is 12.7. The average molecular weight is 284 g/mol. The van der Waals surface area contributed by atoms with Gasteiger partial charge in [0.25, 0.3) is 6.43 Å². The van der Waals surface area contributed by atoms with Crippen LogP contribution >= 0.6 is 0 Å². The summed E-state index contributed by atoms with van der Waals surface area (Å²) in [5, 5.41) is 3.48. The van der Waals surface area contributed by atoms with Crippen molar-refractivity contribution in [1.29, 1.82) is 0 Å². The molecule has 20 heavy (non-hydrogen) atoms. The molecule has 1 rings (SSSR count). The molecule has 1 N–H and O–H groups in total. The normalized spacial score (nSPS) is 13.4. The monoisotopic (exact) mass is 284 g/mol. The van der Waals surface area contributed by atoms with E-state index in [2.05, 4.69) is 24.1 Å². The van der Waals surface area contributed by atoms with Gasteiger partial charge in [-0.3, -0.25) is 0 Å². The fourth-order valence-corrected chi connectivity index (χ4v) is 2.33. The van der Waals surface area contributed by atoms with Gasteiger partial charge in [-0.15, -0.1) is 0 Å². The minimum Gasteiger partial charge on any atom is -0.309 e. The number of hydrogen-bond acceptors (Lipinski definition) is 2. The number of nitrogens with zero attached hydrogens (tertiary/aromatic N) is 1. The van der Waals surface area contributed by atoms with Crippen LogP contribution in [0.15, 0.2) is 24.3 Å². The molecule has 0 heterocycles. The quantitative estimate of drug-likeness (QED) is 0.783. The lowest BCUT2D eigenvalue weighted by molar-refractivity contribution is 0.151. The van der Waals surface area contributed by atoms with E-state index in [0.29, 0.717) is 18.5 Å². The van der Waals surface area contributed by atoms with E-state index in [1.165, 1.54) is 6.07 Å². The van der Waals surface area contributed by atoms with Crippen LogP contribution in [0.1, 0.15) is 37.8 Å². The van der Waals surface area contributed by atoms with Crippen molar-refractivity contribution in [3.05, 3.63) is 35.4 Å². The second-order valence-electron chi connectivity index (χ2n) is 6.02. The molecule has 0 radical (unpaired) electrons. The number of nitrogens with one attached hydrogen (secondary N) is 1. The first-order valence-corrected chi connectivity index (χ1v) is 7.13. The van der Waals surface area contributed by atoms with Gasteiger partial charge in [0.05, 0.1) is 0 Å². The molecule has 2 nitrogen and oxygen atoms in total. The number of rotatable bonds is 8. The third-order valence-electron chi connectivity index (χ3n) is 3.14. The number of alkyl halides is 2. The smallest absolute Gasteiger partial charge is 0.263 e. The third kappa shape index (κ3) is 6.44. The van der Waals surface area contributed by atoms with Crippen molar-refractivity contribution < 1.29 is 8.78 Å². The highest BCUT2D eigenvalue weighted by molar-refractivity contribution is 5.24. The summed E-state index contributed by atoms with van der Waals surface area (Å²) < 4.78 is 25.3. The van der Waals surface area contributed by atoms with Crippen LogP contribution < -0.4 is 5.32 Å². The van der Waals surface area contributed by atoms with Gasteiger partial charge in [-0.1, -0.05) is 32.0 Å². The van der Waals surface area contributed by atoms with Crippen molar-refractivity contribution in [2.75, 3.05) is 20.6 Å². The van der Waals surface area contributed by atoms with Gasteiger partial charge in [0.15, 0.2) is 0 Å². The molecule has 0 saturated heterocycles. The molecule has 0 aliphatic heterocycles. The largest absolute Gasteiger partial charge is 0.309 e. The van der Waals surface area contributed by atoms with Gasteiger partial charge >= 0.3 is 0 Å². The van der Waals surface area contributed by atoms with Crippen LogP contribution in [0.5, 0.6) is 0 Å². The Bertz CT molecular complexity index is 382. The lowest BCUT2D eigenvalue weighted by atomic mass is 10.0. The van der Waals surface area contributed by atoms with Gasteiger partial charge in [-0.2, -0.15) is 0 Å². The Morgan fingerprint density at radius 2 is 1.90 bits per heavy atom. The van der Waals surface area contributed by atoms with Crippen LogP contribution in [0.2, 0.25) is 0 Å². The Kier molecular flexibility index (Phi) is 7.10. The fourth-order valence-electron chi connectivity index (χ4n) is 2.33. The topological polar surface area (TPSA) is 15.3 Å². The fraction of sp³-hybridized carbons (Fsp3) is 0.625. The van der Waals surface area contributed by atoms with E-state index in [0.717, 1.165) is 18.5 Å². The highest BCUT2D eigenvalue weighted by Crippen LogP contribution is 2.19. The Labute approximate surface area is 121 Å². The summed E-state index contributed by atoms with van der Waals surface area (Å²) in [4.78, 5) is 2.15. The van der Waals surface area contributed by atoms with Crippen LogP contribution in [0.25, 0.3) is 0 Å². The zero-order valence-electron chi connectivity index (χ0n) is 12.9. The van der Waals surface area contributed by atoms with Crippen LogP contribution in [-0.4, -0.2) is 31.6 Å². The lowest BCUT2D eigenvalue weighted by Gasteiger charge is -2.24. The molecular weight excluding hydrogens is 258 g/mol. The summed E-state index contributed by atoms with van der Waals surface area (Å²) >= 11 is 0. The standard InChI is InChI=1S/C16H26F2N2/c1-12(2)8-15(11-20(3)4)19-10-13-6-5-7-14(9-13)16(17)18/h5-7,9,12,15-16,19H,8,10-11H2,1-4H3. The van der Waals surface area contributed by atoms with Gasteiger partial charge in [-0.05, 0) is 38.1 Å². The molecule has 0 aliphatic carbocycles. The van der Waals surface area contributed by atoms with Crippen molar-refractivity contribution in [3.63, 3.8) is 0 Å². The predicted octanol–water partition coefficient (Wildman–Crippen LogP) is 3.69. The Balaban J connectivity index is 2.59. The second-order valence-corrected chi connectivity index (χ2v) is 6.02. The Hall–Kier alpha value is -1.00. The number of hydrogen-bond donors (Lipinski definition) is 1. The third-order valence-corrected chi connectivity index (χ3v) is 3.14. The van der Waals surface area contributed by atoms with Gasteiger partial charge in [0, 0.05) is 24.7 Å². The van der Waals surface area contributed by atoms with Crippen molar-refractivity contribution in [2.24, 2.45) is 5.92 Å². The molecule has 1 aromatic rings. The molecule has 0 saturated carbocycles. The van der Waals surface area contributed by atoms with E-state index in [1.54, 1.807) is 12.1 Å². The molecule has 0 fully saturated rings. The van der Waals surface area contributed by atoms with Crippen molar-refractivity contribution in [2.45, 2.75) is 39.3 Å². The lowest BCUT2D eigenvalue weighted by Crippen LogP contribution is -2.38. The van der Waals surface area contributed by atoms with Crippen LogP contribution in [0, 0.1) is 5.92 Å². The summed E-state index contributed by atoms with van der Waals surface area (Å²) in [7, 11) is 4.10. The minimum atomic E-state index is -2.40. The maximum Gasteiger partial charge on any atom is 0.263 e. The molecule has 0 aliphatic rings.